The maximum Gasteiger partial charge on any atom is 0.410 e. The number of nitrogens with zero attached hydrogens (tertiary/aromatic N) is 10. The highest BCUT2D eigenvalue weighted by molar-refractivity contribution is 5.78. The smallest absolute Gasteiger partial charge is 0.410 e. The Morgan fingerprint density at radius 3 is 0.967 bits per heavy atom. The number of hydrogen-bond donors (Lipinski definition) is 4. The van der Waals surface area contributed by atoms with Crippen LogP contribution in [0.25, 0.3) is 0 Å². The summed E-state index contributed by atoms with van der Waals surface area (Å²) in [6, 6.07) is 12.4. The minimum atomic E-state index is -0.643. The van der Waals surface area contributed by atoms with Crippen molar-refractivity contribution in [1.29, 1.82) is 10.5 Å². The number of carbonyl (C=O) groups excluding carboxylic acids is 4. The van der Waals surface area contributed by atoms with Crippen LogP contribution in [-0.4, -0.2) is 225 Å². The molecule has 0 aromatic heterocycles. The molecule has 1 atom stereocenters. The predicted octanol–water partition coefficient (Wildman–Crippen LogP) is 16.0. The fourth-order valence-corrected chi connectivity index (χ4v) is 21.0. The van der Waals surface area contributed by atoms with Gasteiger partial charge in [0.15, 0.2) is 57.5 Å². The molecule has 5 aromatic carbocycles. The molecule has 4 fully saturated rings. The SMILES string of the molecule is CC(C)(C)OC(=O)N1CCN(Cc2c(O)c(O)cc3c2C2(CC3(C)C)CC(C)(C)c3cc(O)c(O)c(CN4CCN(C(=O)OC(C)(C)C)CC4)c32)CC1.COc1cc2c(c(CN3CCN(C(=O)OC(C)(C)C)CC3)c1OC)C1(CC2(C)C)CC(C)(C)c2cc3c(c(CN4CCN(C(=O)OC(C)(C)C)CC4)c21)Oc1c(C#N)c(C)c(C)c(C#N)c1O3. The average Bonchev–Trinajstić information content (AvgIpc) is 1.51. The maximum absolute atomic E-state index is 13.2. The van der Waals surface area contributed by atoms with Crippen LogP contribution in [0.4, 0.5) is 19.2 Å². The molecule has 5 heterocycles. The number of benzene rings is 5. The lowest BCUT2D eigenvalue weighted by molar-refractivity contribution is 0.0128. The third kappa shape index (κ3) is 16.6. The number of hydrogen-bond acceptors (Lipinski definition) is 22. The summed E-state index contributed by atoms with van der Waals surface area (Å²) in [5, 5.41) is 66.9. The number of phenols is 4. The number of carbonyl (C=O) groups is 4. The molecule has 0 bridgehead atoms. The molecule has 4 amide bonds. The van der Waals surface area contributed by atoms with Gasteiger partial charge in [0.05, 0.1) is 14.2 Å². The Hall–Kier alpha value is -9.60. The molecule has 5 aromatic rings. The quantitative estimate of drug-likeness (QED) is 0.0732. The summed E-state index contributed by atoms with van der Waals surface area (Å²) in [7, 11) is 3.40. The number of nitriles is 2. The molecule has 650 valence electrons. The van der Waals surface area contributed by atoms with Crippen LogP contribution < -0.4 is 18.9 Å². The molecule has 26 heteroatoms. The third-order valence-electron chi connectivity index (χ3n) is 25.9. The lowest BCUT2D eigenvalue weighted by Crippen LogP contribution is -2.50. The van der Waals surface area contributed by atoms with Crippen molar-refractivity contribution < 1.29 is 77.5 Å². The molecule has 4 N–H and O–H groups in total. The Morgan fingerprint density at radius 1 is 0.392 bits per heavy atom. The fraction of sp³-hybridized carbons (Fsp3) is 0.617. The first-order valence-electron chi connectivity index (χ1n) is 42.6. The van der Waals surface area contributed by atoms with Crippen LogP contribution in [0.3, 0.4) is 0 Å². The van der Waals surface area contributed by atoms with Crippen LogP contribution in [0.5, 0.6) is 57.5 Å². The van der Waals surface area contributed by atoms with Crippen molar-refractivity contribution in [2.45, 2.75) is 259 Å². The molecule has 5 aliphatic heterocycles. The molecule has 0 radical (unpaired) electrons. The van der Waals surface area contributed by atoms with Gasteiger partial charge in [-0.15, -0.1) is 0 Å². The van der Waals surface area contributed by atoms with Crippen molar-refractivity contribution in [2.24, 2.45) is 0 Å². The van der Waals surface area contributed by atoms with Crippen LogP contribution in [0.15, 0.2) is 24.3 Å². The molecule has 9 aliphatic rings. The van der Waals surface area contributed by atoms with E-state index in [2.05, 4.69) is 99.3 Å². The van der Waals surface area contributed by atoms with E-state index < -0.39 is 44.1 Å². The van der Waals surface area contributed by atoms with Gasteiger partial charge in [0.1, 0.15) is 45.7 Å². The van der Waals surface area contributed by atoms with Crippen molar-refractivity contribution in [3.8, 4) is 69.6 Å². The molecule has 2 spiro atoms. The Balaban J connectivity index is 0.000000213. The van der Waals surface area contributed by atoms with Crippen LogP contribution in [0.1, 0.15) is 253 Å². The van der Waals surface area contributed by atoms with E-state index in [0.717, 1.165) is 51.8 Å². The first kappa shape index (κ1) is 88.2. The molecule has 4 aliphatic carbocycles. The standard InChI is InChI=1S/C53H68N6O8.C41H60N4O8/c1-31-32(2)34(26-55)46-45(33(31)25-54)64-40-24-38-42(36(44(40)65-46)28-57-17-21-59(22-18-57)48(61)67-50(6,7)8)53(30-52(38,11)12)29-51(9,10)37-23-39(62-13)43(63-14)35(41(37)53)27-56-15-19-58(20-16-56)47(60)66-49(3,4)5;1-37(2,3)52-35(50)44-15-11-42(12-16-44)21-25-31-27(19-29(46)33(25)48)39(7,8)23-41(31)24-40(9,10)28-20-30(47)34(49)26(32(28)41)22-43-13-17-45(18-14-43)36(51)53-38(4,5)6/h23-24H,15-22,27-30H2,1-14H3;19-20,46-49H,11-18,21-24H2,1-10H3. The topological polar surface area (TPSA) is 297 Å². The number of phenolic OH excluding ortho intramolecular Hbond substituents is 4. The first-order valence-corrected chi connectivity index (χ1v) is 42.6. The van der Waals surface area contributed by atoms with Gasteiger partial charge in [-0.2, -0.15) is 10.5 Å². The van der Waals surface area contributed by atoms with Gasteiger partial charge < -0.3 is 77.9 Å². The van der Waals surface area contributed by atoms with Crippen molar-refractivity contribution >= 4 is 24.4 Å². The fourth-order valence-electron chi connectivity index (χ4n) is 21.0. The molecule has 4 saturated heterocycles. The summed E-state index contributed by atoms with van der Waals surface area (Å²) in [6.45, 7) is 54.5. The summed E-state index contributed by atoms with van der Waals surface area (Å²) in [5.41, 5.74) is 8.95. The monoisotopic (exact) mass is 1650 g/mol. The van der Waals surface area contributed by atoms with Crippen molar-refractivity contribution in [1.82, 2.24) is 39.2 Å². The number of piperazine rings is 4. The average molecular weight is 1650 g/mol. The van der Waals surface area contributed by atoms with Gasteiger partial charge >= 0.3 is 24.4 Å². The van der Waals surface area contributed by atoms with E-state index in [1.54, 1.807) is 46.0 Å². The Morgan fingerprint density at radius 2 is 0.667 bits per heavy atom. The number of methoxy groups -OCH3 is 2. The summed E-state index contributed by atoms with van der Waals surface area (Å²) < 4.78 is 49.2. The van der Waals surface area contributed by atoms with Crippen LogP contribution in [0, 0.1) is 36.5 Å². The van der Waals surface area contributed by atoms with Gasteiger partial charge in [0, 0.05) is 164 Å². The zero-order valence-corrected chi connectivity index (χ0v) is 75.4. The zero-order chi connectivity index (χ0) is 87.8. The Bertz CT molecular complexity index is 4860. The van der Waals surface area contributed by atoms with E-state index >= 15 is 0 Å². The minimum absolute atomic E-state index is 0.149. The van der Waals surface area contributed by atoms with Crippen molar-refractivity contribution in [3.63, 3.8) is 0 Å². The number of fused-ring (bicyclic) bond motifs is 10. The molecule has 120 heavy (non-hydrogen) atoms. The largest absolute Gasteiger partial charge is 0.504 e. The Kier molecular flexibility index (Phi) is 23.1. The number of amides is 4. The van der Waals surface area contributed by atoms with Gasteiger partial charge in [-0.05, 0) is 224 Å². The van der Waals surface area contributed by atoms with E-state index in [4.69, 9.17) is 37.9 Å². The second-order valence-corrected chi connectivity index (χ2v) is 41.4. The number of rotatable bonds is 10. The summed E-state index contributed by atoms with van der Waals surface area (Å²) in [6.07, 6.45) is 1.62. The van der Waals surface area contributed by atoms with Crippen molar-refractivity contribution in [2.75, 3.05) is 119 Å². The van der Waals surface area contributed by atoms with Gasteiger partial charge in [-0.1, -0.05) is 55.4 Å². The van der Waals surface area contributed by atoms with E-state index in [0.29, 0.717) is 200 Å². The second kappa shape index (κ2) is 31.4. The zero-order valence-electron chi connectivity index (χ0n) is 75.4. The first-order chi connectivity index (χ1) is 55.8. The summed E-state index contributed by atoms with van der Waals surface area (Å²) >= 11 is 0. The molecular formula is C94H128N10O16. The maximum atomic E-state index is 13.2. The molecule has 0 saturated carbocycles. The third-order valence-corrected chi connectivity index (χ3v) is 25.9. The molecule has 1 unspecified atom stereocenters. The van der Waals surface area contributed by atoms with E-state index in [1.807, 2.05) is 96.9 Å². The highest BCUT2D eigenvalue weighted by Crippen LogP contribution is 2.70. The lowest BCUT2D eigenvalue weighted by atomic mass is 9.70. The van der Waals surface area contributed by atoms with Crippen LogP contribution >= 0.6 is 0 Å². The van der Waals surface area contributed by atoms with E-state index in [9.17, 15) is 50.1 Å². The molecule has 14 rings (SSSR count). The van der Waals surface area contributed by atoms with Crippen LogP contribution in [-0.2, 0) is 77.6 Å². The second-order valence-electron chi connectivity index (χ2n) is 41.4. The van der Waals surface area contributed by atoms with E-state index in [-0.39, 0.29) is 69.7 Å². The highest BCUT2D eigenvalue weighted by Gasteiger charge is 2.62. The lowest BCUT2D eigenvalue weighted by Gasteiger charge is -2.39. The molecular weight excluding hydrogens is 1530 g/mol. The van der Waals surface area contributed by atoms with Gasteiger partial charge in [0.25, 0.3) is 0 Å². The summed E-state index contributed by atoms with van der Waals surface area (Å²) in [5.74, 6) is 2.31. The molecule has 26 nitrogen and oxygen atoms in total. The summed E-state index contributed by atoms with van der Waals surface area (Å²) in [4.78, 5) is 68.2. The Labute approximate surface area is 709 Å². The highest BCUT2D eigenvalue weighted by atomic mass is 16.6. The van der Waals surface area contributed by atoms with Crippen LogP contribution in [0.2, 0.25) is 0 Å². The van der Waals surface area contributed by atoms with Gasteiger partial charge in [-0.3, -0.25) is 19.6 Å². The van der Waals surface area contributed by atoms with Gasteiger partial charge in [-0.25, -0.2) is 19.2 Å². The minimum Gasteiger partial charge on any atom is -0.504 e. The normalized spacial score (nSPS) is 20.9. The number of aromatic hydroxyl groups is 4. The van der Waals surface area contributed by atoms with E-state index in [1.165, 1.54) is 16.7 Å². The predicted molar refractivity (Wildman–Crippen MR) is 455 cm³/mol. The van der Waals surface area contributed by atoms with Crippen molar-refractivity contribution in [3.05, 3.63) is 113 Å². The van der Waals surface area contributed by atoms with Gasteiger partial charge in [0.2, 0.25) is 0 Å². The number of ether oxygens (including phenoxy) is 8.